The van der Waals surface area contributed by atoms with Crippen LogP contribution in [0.3, 0.4) is 0 Å². The highest BCUT2D eigenvalue weighted by Gasteiger charge is 2.27. The van der Waals surface area contributed by atoms with Crippen LogP contribution in [0.15, 0.2) is 87.5 Å². The monoisotopic (exact) mass is 542 g/mol. The number of methoxy groups -OCH3 is 1. The number of piperazine rings is 1. The summed E-state index contributed by atoms with van der Waals surface area (Å²) in [5.74, 6) is 0.824. The molecule has 1 saturated heterocycles. The van der Waals surface area contributed by atoms with Crippen molar-refractivity contribution in [1.29, 1.82) is 0 Å². The van der Waals surface area contributed by atoms with Gasteiger partial charge in [0.05, 0.1) is 12.3 Å². The van der Waals surface area contributed by atoms with Crippen LogP contribution in [0.4, 0.5) is 0 Å². The predicted molar refractivity (Wildman–Crippen MR) is 164 cm³/mol. The molecular formula is C34H46N4O2. The first-order valence-corrected chi connectivity index (χ1v) is 15.2. The number of aliphatic imine (C=N–C) groups is 1. The molecule has 1 fully saturated rings. The summed E-state index contributed by atoms with van der Waals surface area (Å²) in [5, 5.41) is 0. The molecule has 1 aliphatic carbocycles. The summed E-state index contributed by atoms with van der Waals surface area (Å²) in [7, 11) is 1.77. The molecule has 5 aliphatic rings. The highest BCUT2D eigenvalue weighted by atomic mass is 16.5. The van der Waals surface area contributed by atoms with E-state index in [0.29, 0.717) is 12.3 Å². The van der Waals surface area contributed by atoms with Gasteiger partial charge in [0.1, 0.15) is 0 Å². The van der Waals surface area contributed by atoms with Gasteiger partial charge in [-0.25, -0.2) is 0 Å². The zero-order valence-electron chi connectivity index (χ0n) is 24.9. The van der Waals surface area contributed by atoms with Crippen LogP contribution in [0, 0.1) is 11.8 Å². The number of hydrogen-bond acceptors (Lipinski definition) is 6. The fourth-order valence-electron chi connectivity index (χ4n) is 6.44. The Kier molecular flexibility index (Phi) is 9.38. The summed E-state index contributed by atoms with van der Waals surface area (Å²) in [6, 6.07) is 0. The maximum atomic E-state index is 13.1. The van der Waals surface area contributed by atoms with E-state index in [9.17, 15) is 4.79 Å². The van der Waals surface area contributed by atoms with Crippen LogP contribution >= 0.6 is 0 Å². The Hall–Kier alpha value is -2.96. The van der Waals surface area contributed by atoms with Crippen molar-refractivity contribution in [1.82, 2.24) is 14.7 Å². The topological polar surface area (TPSA) is 48.4 Å². The zero-order valence-corrected chi connectivity index (χ0v) is 24.9. The molecule has 0 amide bonds. The smallest absolute Gasteiger partial charge is 0.158 e. The molecule has 6 heteroatoms. The van der Waals surface area contributed by atoms with Crippen LogP contribution in [0.25, 0.3) is 0 Å². The number of fused-ring (bicyclic) bond motifs is 2. The van der Waals surface area contributed by atoms with Crippen molar-refractivity contribution in [2.75, 3.05) is 53.0 Å². The van der Waals surface area contributed by atoms with Crippen LogP contribution in [0.1, 0.15) is 52.9 Å². The lowest BCUT2D eigenvalue weighted by Crippen LogP contribution is -2.46. The molecule has 5 rings (SSSR count). The molecule has 4 aliphatic heterocycles. The third-order valence-corrected chi connectivity index (χ3v) is 8.95. The van der Waals surface area contributed by atoms with Crippen molar-refractivity contribution >= 4 is 11.5 Å². The number of nitrogens with zero attached hydrogens (tertiary/aromatic N) is 4. The molecule has 2 atom stereocenters. The lowest BCUT2D eigenvalue weighted by Gasteiger charge is -2.37. The van der Waals surface area contributed by atoms with Crippen LogP contribution < -0.4 is 0 Å². The summed E-state index contributed by atoms with van der Waals surface area (Å²) < 4.78 is 5.26. The van der Waals surface area contributed by atoms with E-state index in [0.717, 1.165) is 88.5 Å². The largest absolute Gasteiger partial charge is 0.383 e. The third-order valence-electron chi connectivity index (χ3n) is 8.95. The summed E-state index contributed by atoms with van der Waals surface area (Å²) in [6.45, 7) is 13.4. The Balaban J connectivity index is 1.39. The minimum Gasteiger partial charge on any atom is -0.383 e. The van der Waals surface area contributed by atoms with Gasteiger partial charge in [-0.2, -0.15) is 0 Å². The van der Waals surface area contributed by atoms with Gasteiger partial charge in [-0.05, 0) is 62.0 Å². The standard InChI is InChI=1S/C34H46N4O2/c1-5-26-22-34-27(6-2)20-29(12-13-38(34)24-25(26)3)33-23-31(39)21-28-8-7-9-30(10-11-32(28)35-33)37-16-14-36(15-17-37)18-19-40-4/h9-12,20,22-24,26,28H,5-8,13-19,21H2,1-4H3/b11-10-,30-9+. The normalized spacial score (nSPS) is 28.1. The molecule has 0 spiro atoms. The average molecular weight is 543 g/mol. The molecule has 0 bridgehead atoms. The summed E-state index contributed by atoms with van der Waals surface area (Å²) >= 11 is 0. The molecule has 0 aromatic rings. The van der Waals surface area contributed by atoms with E-state index in [2.05, 4.69) is 78.1 Å². The molecule has 0 aromatic heterocycles. The lowest BCUT2D eigenvalue weighted by atomic mass is 9.90. The first-order valence-electron chi connectivity index (χ1n) is 15.2. The van der Waals surface area contributed by atoms with Gasteiger partial charge in [0.15, 0.2) is 5.78 Å². The molecule has 2 unspecified atom stereocenters. The zero-order chi connectivity index (χ0) is 28.1. The Labute approximate surface area is 240 Å². The van der Waals surface area contributed by atoms with Gasteiger partial charge >= 0.3 is 0 Å². The molecule has 0 radical (unpaired) electrons. The van der Waals surface area contributed by atoms with Crippen molar-refractivity contribution in [3.05, 3.63) is 82.5 Å². The van der Waals surface area contributed by atoms with Crippen LogP contribution in [0.2, 0.25) is 0 Å². The average Bonchev–Trinajstić information content (AvgIpc) is 3.22. The Bertz CT molecular complexity index is 1220. The Morgan fingerprint density at radius 2 is 1.90 bits per heavy atom. The van der Waals surface area contributed by atoms with Gasteiger partial charge in [-0.15, -0.1) is 0 Å². The second-order valence-corrected chi connectivity index (χ2v) is 11.6. The maximum absolute atomic E-state index is 13.1. The SMILES string of the molecule is CCC1=CC(C2=CC(=O)CC3CC/C=C(N4CCN(CCOC)CC4)\C=C/C3=N2)=CCN2C=C(C)C(CC)C=C12. The fourth-order valence-corrected chi connectivity index (χ4v) is 6.44. The fraction of sp³-hybridized carbons (Fsp3) is 0.529. The van der Waals surface area contributed by atoms with Gasteiger partial charge in [0, 0.05) is 94.0 Å². The van der Waals surface area contributed by atoms with Gasteiger partial charge in [0.2, 0.25) is 0 Å². The number of ketones is 1. The minimum atomic E-state index is 0.159. The number of allylic oxidation sites excluding steroid dienone is 8. The summed E-state index contributed by atoms with van der Waals surface area (Å²) in [4.78, 5) is 25.7. The van der Waals surface area contributed by atoms with E-state index in [1.165, 1.54) is 22.5 Å². The van der Waals surface area contributed by atoms with Gasteiger partial charge in [-0.3, -0.25) is 14.7 Å². The van der Waals surface area contributed by atoms with Crippen LogP contribution in [0.5, 0.6) is 0 Å². The van der Waals surface area contributed by atoms with Crippen molar-refractivity contribution in [3.63, 3.8) is 0 Å². The minimum absolute atomic E-state index is 0.159. The third kappa shape index (κ3) is 6.50. The van der Waals surface area contributed by atoms with Gasteiger partial charge in [-0.1, -0.05) is 37.6 Å². The summed E-state index contributed by atoms with van der Waals surface area (Å²) in [5.41, 5.74) is 8.22. The van der Waals surface area contributed by atoms with Gasteiger partial charge < -0.3 is 14.5 Å². The highest BCUT2D eigenvalue weighted by molar-refractivity contribution is 6.04. The van der Waals surface area contributed by atoms with Crippen molar-refractivity contribution in [3.8, 4) is 0 Å². The van der Waals surface area contributed by atoms with Gasteiger partial charge in [0.25, 0.3) is 0 Å². The van der Waals surface area contributed by atoms with E-state index >= 15 is 0 Å². The molecule has 0 N–H and O–H groups in total. The molecule has 0 saturated carbocycles. The van der Waals surface area contributed by atoms with Crippen molar-refractivity contribution in [2.45, 2.75) is 52.9 Å². The van der Waals surface area contributed by atoms with Crippen LogP contribution in [-0.4, -0.2) is 79.2 Å². The Morgan fingerprint density at radius 3 is 2.65 bits per heavy atom. The van der Waals surface area contributed by atoms with Crippen molar-refractivity contribution < 1.29 is 9.53 Å². The number of hydrogen-bond donors (Lipinski definition) is 0. The molecule has 6 nitrogen and oxygen atoms in total. The van der Waals surface area contributed by atoms with Crippen LogP contribution in [-0.2, 0) is 9.53 Å². The van der Waals surface area contributed by atoms with E-state index in [1.807, 2.05) is 0 Å². The lowest BCUT2D eigenvalue weighted by molar-refractivity contribution is -0.115. The highest BCUT2D eigenvalue weighted by Crippen LogP contribution is 2.35. The van der Waals surface area contributed by atoms with Crippen molar-refractivity contribution in [2.24, 2.45) is 16.8 Å². The second kappa shape index (κ2) is 13.1. The van der Waals surface area contributed by atoms with E-state index < -0.39 is 0 Å². The van der Waals surface area contributed by atoms with E-state index in [-0.39, 0.29) is 11.7 Å². The first-order chi connectivity index (χ1) is 19.5. The second-order valence-electron chi connectivity index (χ2n) is 11.6. The number of carbonyl (C=O) groups excluding carboxylic acids is 1. The molecule has 4 heterocycles. The molecule has 214 valence electrons. The summed E-state index contributed by atoms with van der Waals surface area (Å²) in [6.07, 6.45) is 22.3. The van der Waals surface area contributed by atoms with E-state index in [4.69, 9.17) is 9.73 Å². The first kappa shape index (κ1) is 28.6. The Morgan fingerprint density at radius 1 is 1.07 bits per heavy atom. The number of carbonyl (C=O) groups is 1. The maximum Gasteiger partial charge on any atom is 0.158 e. The molecule has 0 aromatic carbocycles. The number of ether oxygens (including phenoxy) is 1. The van der Waals surface area contributed by atoms with E-state index in [1.54, 1.807) is 13.2 Å². The molecule has 40 heavy (non-hydrogen) atoms. The predicted octanol–water partition coefficient (Wildman–Crippen LogP) is 5.80. The quantitative estimate of drug-likeness (QED) is 0.407. The molecular weight excluding hydrogens is 496 g/mol. The number of rotatable bonds is 7.